The second kappa shape index (κ2) is 8.22. The standard InChI is InChI=1S/C21H17F3N2S/c22-21(23,24)17-10-6-11-18(14-17)25-20(27)26-19-12-5-4-9-16(19)13-15-7-2-1-3-8-15/h1-12,14H,13H2,(H2,25,26,27). The van der Waals surface area contributed by atoms with Crippen LogP contribution in [0.5, 0.6) is 0 Å². The van der Waals surface area contributed by atoms with E-state index >= 15 is 0 Å². The molecule has 0 bridgehead atoms. The molecule has 0 atom stereocenters. The summed E-state index contributed by atoms with van der Waals surface area (Å²) in [7, 11) is 0. The summed E-state index contributed by atoms with van der Waals surface area (Å²) in [5.41, 5.74) is 2.56. The number of anilines is 2. The van der Waals surface area contributed by atoms with Crippen molar-refractivity contribution in [3.05, 3.63) is 95.6 Å². The van der Waals surface area contributed by atoms with E-state index in [-0.39, 0.29) is 10.8 Å². The second-order valence-corrected chi connectivity index (χ2v) is 6.39. The number of nitrogens with one attached hydrogen (secondary N) is 2. The predicted octanol–water partition coefficient (Wildman–Crippen LogP) is 6.11. The molecule has 0 aliphatic heterocycles. The lowest BCUT2D eigenvalue weighted by Crippen LogP contribution is -2.20. The van der Waals surface area contributed by atoms with Gasteiger partial charge in [-0.1, -0.05) is 54.6 Å². The third kappa shape index (κ3) is 5.31. The van der Waals surface area contributed by atoms with Crippen LogP contribution in [-0.4, -0.2) is 5.11 Å². The van der Waals surface area contributed by atoms with Crippen LogP contribution in [0.1, 0.15) is 16.7 Å². The van der Waals surface area contributed by atoms with Crippen molar-refractivity contribution in [3.8, 4) is 0 Å². The average molecular weight is 386 g/mol. The molecule has 0 amide bonds. The molecule has 3 rings (SSSR count). The number of hydrogen-bond donors (Lipinski definition) is 2. The topological polar surface area (TPSA) is 24.1 Å². The number of rotatable bonds is 4. The normalized spacial score (nSPS) is 11.1. The van der Waals surface area contributed by atoms with Crippen LogP contribution in [-0.2, 0) is 12.6 Å². The molecular weight excluding hydrogens is 369 g/mol. The molecule has 3 aromatic rings. The molecule has 6 heteroatoms. The van der Waals surface area contributed by atoms with Crippen molar-refractivity contribution in [2.75, 3.05) is 10.6 Å². The van der Waals surface area contributed by atoms with Gasteiger partial charge in [0.05, 0.1) is 5.56 Å². The maximum atomic E-state index is 12.8. The van der Waals surface area contributed by atoms with Crippen LogP contribution >= 0.6 is 12.2 Å². The van der Waals surface area contributed by atoms with Crippen molar-refractivity contribution in [2.45, 2.75) is 12.6 Å². The quantitative estimate of drug-likeness (QED) is 0.530. The first-order valence-corrected chi connectivity index (χ1v) is 8.70. The Kier molecular flexibility index (Phi) is 5.76. The summed E-state index contributed by atoms with van der Waals surface area (Å²) in [5.74, 6) is 0. The second-order valence-electron chi connectivity index (χ2n) is 5.98. The minimum atomic E-state index is -4.39. The highest BCUT2D eigenvalue weighted by Crippen LogP contribution is 2.30. The van der Waals surface area contributed by atoms with Gasteiger partial charge in [0.1, 0.15) is 0 Å². The van der Waals surface area contributed by atoms with Crippen molar-refractivity contribution in [1.29, 1.82) is 0 Å². The van der Waals surface area contributed by atoms with Crippen LogP contribution in [0.2, 0.25) is 0 Å². The Morgan fingerprint density at radius 1 is 0.815 bits per heavy atom. The Labute approximate surface area is 161 Å². The zero-order chi connectivity index (χ0) is 19.3. The van der Waals surface area contributed by atoms with Crippen LogP contribution in [0, 0.1) is 0 Å². The van der Waals surface area contributed by atoms with Crippen molar-refractivity contribution in [3.63, 3.8) is 0 Å². The highest BCUT2D eigenvalue weighted by atomic mass is 32.1. The Morgan fingerprint density at radius 2 is 1.52 bits per heavy atom. The van der Waals surface area contributed by atoms with Crippen molar-refractivity contribution < 1.29 is 13.2 Å². The van der Waals surface area contributed by atoms with E-state index in [0.29, 0.717) is 0 Å². The van der Waals surface area contributed by atoms with Crippen LogP contribution in [0.15, 0.2) is 78.9 Å². The molecule has 3 aromatic carbocycles. The Hall–Kier alpha value is -2.86. The Morgan fingerprint density at radius 3 is 2.26 bits per heavy atom. The number of halogens is 3. The number of thiocarbonyl (C=S) groups is 1. The van der Waals surface area contributed by atoms with Gasteiger partial charge >= 0.3 is 6.18 Å². The summed E-state index contributed by atoms with van der Waals surface area (Å²) >= 11 is 5.28. The first-order chi connectivity index (χ1) is 12.9. The van der Waals surface area contributed by atoms with E-state index in [1.54, 1.807) is 6.07 Å². The lowest BCUT2D eigenvalue weighted by atomic mass is 10.0. The summed E-state index contributed by atoms with van der Waals surface area (Å²) in [6.07, 6.45) is -3.68. The maximum Gasteiger partial charge on any atom is 0.416 e. The van der Waals surface area contributed by atoms with E-state index in [1.807, 2.05) is 54.6 Å². The lowest BCUT2D eigenvalue weighted by Gasteiger charge is -2.15. The van der Waals surface area contributed by atoms with Gasteiger partial charge in [-0.25, -0.2) is 0 Å². The molecule has 138 valence electrons. The molecule has 0 radical (unpaired) electrons. The minimum Gasteiger partial charge on any atom is -0.332 e. The van der Waals surface area contributed by atoms with Gasteiger partial charge in [-0.2, -0.15) is 13.2 Å². The molecule has 0 saturated heterocycles. The van der Waals surface area contributed by atoms with Crippen LogP contribution < -0.4 is 10.6 Å². The zero-order valence-electron chi connectivity index (χ0n) is 14.3. The first kappa shape index (κ1) is 18.9. The predicted molar refractivity (Wildman–Crippen MR) is 107 cm³/mol. The number of alkyl halides is 3. The third-order valence-electron chi connectivity index (χ3n) is 3.95. The van der Waals surface area contributed by atoms with E-state index in [2.05, 4.69) is 10.6 Å². The van der Waals surface area contributed by atoms with Crippen LogP contribution in [0.3, 0.4) is 0 Å². The number of benzene rings is 3. The van der Waals surface area contributed by atoms with Crippen molar-refractivity contribution in [2.24, 2.45) is 0 Å². The summed E-state index contributed by atoms with van der Waals surface area (Å²) in [6, 6.07) is 22.6. The molecule has 0 aliphatic rings. The maximum absolute atomic E-state index is 12.8. The fraction of sp³-hybridized carbons (Fsp3) is 0.0952. The van der Waals surface area contributed by atoms with Gasteiger partial charge in [0.2, 0.25) is 0 Å². The van der Waals surface area contributed by atoms with E-state index in [0.717, 1.165) is 35.4 Å². The average Bonchev–Trinajstić information content (AvgIpc) is 2.64. The van der Waals surface area contributed by atoms with Crippen LogP contribution in [0.4, 0.5) is 24.5 Å². The van der Waals surface area contributed by atoms with E-state index in [1.165, 1.54) is 6.07 Å². The lowest BCUT2D eigenvalue weighted by molar-refractivity contribution is -0.137. The molecule has 0 spiro atoms. The third-order valence-corrected chi connectivity index (χ3v) is 4.15. The highest BCUT2D eigenvalue weighted by Gasteiger charge is 2.30. The van der Waals surface area contributed by atoms with Gasteiger partial charge in [0.15, 0.2) is 5.11 Å². The summed E-state index contributed by atoms with van der Waals surface area (Å²) in [4.78, 5) is 0. The summed E-state index contributed by atoms with van der Waals surface area (Å²) in [5, 5.41) is 6.12. The Balaban J connectivity index is 1.72. The largest absolute Gasteiger partial charge is 0.416 e. The summed E-state index contributed by atoms with van der Waals surface area (Å²) < 4.78 is 38.5. The molecule has 0 fully saturated rings. The molecular formula is C21H17F3N2S. The number of hydrogen-bond acceptors (Lipinski definition) is 1. The summed E-state index contributed by atoms with van der Waals surface area (Å²) in [6.45, 7) is 0. The molecule has 0 aromatic heterocycles. The molecule has 0 saturated carbocycles. The van der Waals surface area contributed by atoms with Gasteiger partial charge in [-0.05, 0) is 54.0 Å². The SMILES string of the molecule is FC(F)(F)c1cccc(NC(=S)Nc2ccccc2Cc2ccccc2)c1. The number of para-hydroxylation sites is 1. The van der Waals surface area contributed by atoms with Gasteiger partial charge in [0, 0.05) is 11.4 Å². The molecule has 27 heavy (non-hydrogen) atoms. The molecule has 0 heterocycles. The molecule has 2 N–H and O–H groups in total. The minimum absolute atomic E-state index is 0.231. The monoisotopic (exact) mass is 386 g/mol. The fourth-order valence-corrected chi connectivity index (χ4v) is 2.90. The van der Waals surface area contributed by atoms with E-state index < -0.39 is 11.7 Å². The molecule has 0 unspecified atom stereocenters. The van der Waals surface area contributed by atoms with Gasteiger partial charge < -0.3 is 10.6 Å². The first-order valence-electron chi connectivity index (χ1n) is 8.29. The highest BCUT2D eigenvalue weighted by molar-refractivity contribution is 7.80. The van der Waals surface area contributed by atoms with Crippen molar-refractivity contribution >= 4 is 28.7 Å². The van der Waals surface area contributed by atoms with Crippen molar-refractivity contribution in [1.82, 2.24) is 0 Å². The van der Waals surface area contributed by atoms with E-state index in [9.17, 15) is 13.2 Å². The molecule has 2 nitrogen and oxygen atoms in total. The van der Waals surface area contributed by atoms with Gasteiger partial charge in [-0.3, -0.25) is 0 Å². The smallest absolute Gasteiger partial charge is 0.332 e. The zero-order valence-corrected chi connectivity index (χ0v) is 15.1. The van der Waals surface area contributed by atoms with Gasteiger partial charge in [0.25, 0.3) is 0 Å². The molecule has 0 aliphatic carbocycles. The fourth-order valence-electron chi connectivity index (χ4n) is 2.67. The van der Waals surface area contributed by atoms with Gasteiger partial charge in [-0.15, -0.1) is 0 Å². The van der Waals surface area contributed by atoms with E-state index in [4.69, 9.17) is 12.2 Å². The Bertz CT molecular complexity index is 924. The van der Waals surface area contributed by atoms with Crippen LogP contribution in [0.25, 0.3) is 0 Å².